The van der Waals surface area contributed by atoms with Crippen molar-refractivity contribution in [3.63, 3.8) is 0 Å². The molecule has 2 rings (SSSR count). The van der Waals surface area contributed by atoms with Crippen LogP contribution >= 0.6 is 0 Å². The number of carboxylic acids is 1. The van der Waals surface area contributed by atoms with Gasteiger partial charge in [0.2, 0.25) is 0 Å². The van der Waals surface area contributed by atoms with E-state index in [4.69, 9.17) is 4.74 Å². The van der Waals surface area contributed by atoms with E-state index >= 15 is 0 Å². The third-order valence-corrected chi connectivity index (χ3v) is 6.55. The zero-order valence-electron chi connectivity index (χ0n) is 12.2. The van der Waals surface area contributed by atoms with E-state index in [9.17, 15) is 23.1 Å². The molecule has 1 saturated carbocycles. The number of sulfone groups is 1. The lowest BCUT2D eigenvalue weighted by Gasteiger charge is -2.38. The summed E-state index contributed by atoms with van der Waals surface area (Å²) in [5.41, 5.74) is -1.70. The lowest BCUT2D eigenvalue weighted by Crippen LogP contribution is -2.49. The Morgan fingerprint density at radius 3 is 2.33 bits per heavy atom. The SMILES string of the molecule is CCOC(=O)C(CC1CCC1)(C(=O)O)C1CCS(=O)(=O)C1. The van der Waals surface area contributed by atoms with E-state index in [2.05, 4.69) is 0 Å². The van der Waals surface area contributed by atoms with Crippen LogP contribution in [0, 0.1) is 17.3 Å². The van der Waals surface area contributed by atoms with Gasteiger partial charge in [0.15, 0.2) is 15.3 Å². The minimum Gasteiger partial charge on any atom is -0.480 e. The third kappa shape index (κ3) is 3.07. The van der Waals surface area contributed by atoms with Gasteiger partial charge in [-0.3, -0.25) is 9.59 Å². The van der Waals surface area contributed by atoms with E-state index in [0.717, 1.165) is 19.3 Å². The van der Waals surface area contributed by atoms with Crippen LogP contribution in [0.2, 0.25) is 0 Å². The smallest absolute Gasteiger partial charge is 0.323 e. The van der Waals surface area contributed by atoms with Crippen LogP contribution in [0.1, 0.15) is 39.0 Å². The molecule has 2 aliphatic rings. The highest BCUT2D eigenvalue weighted by Gasteiger charge is 2.57. The predicted molar refractivity (Wildman–Crippen MR) is 75.4 cm³/mol. The average molecular weight is 318 g/mol. The van der Waals surface area contributed by atoms with E-state index in [1.54, 1.807) is 6.92 Å². The van der Waals surface area contributed by atoms with Gasteiger partial charge in [0.05, 0.1) is 18.1 Å². The van der Waals surface area contributed by atoms with Gasteiger partial charge in [-0.05, 0) is 25.7 Å². The van der Waals surface area contributed by atoms with Crippen molar-refractivity contribution in [3.05, 3.63) is 0 Å². The summed E-state index contributed by atoms with van der Waals surface area (Å²) >= 11 is 0. The van der Waals surface area contributed by atoms with Crippen molar-refractivity contribution in [2.24, 2.45) is 17.3 Å². The summed E-state index contributed by atoms with van der Waals surface area (Å²) < 4.78 is 28.4. The van der Waals surface area contributed by atoms with Crippen molar-refractivity contribution < 1.29 is 27.9 Å². The molecule has 1 aliphatic carbocycles. The minimum atomic E-state index is -3.26. The highest BCUT2D eigenvalue weighted by Crippen LogP contribution is 2.46. The molecule has 0 bridgehead atoms. The Hall–Kier alpha value is -1.11. The average Bonchev–Trinajstić information content (AvgIpc) is 2.68. The minimum absolute atomic E-state index is 0.0449. The van der Waals surface area contributed by atoms with Crippen molar-refractivity contribution in [1.82, 2.24) is 0 Å². The second-order valence-corrected chi connectivity index (χ2v) is 8.33. The first-order valence-electron chi connectivity index (χ1n) is 7.43. The Morgan fingerprint density at radius 1 is 1.29 bits per heavy atom. The first-order chi connectivity index (χ1) is 9.82. The van der Waals surface area contributed by atoms with Crippen molar-refractivity contribution >= 4 is 21.8 Å². The molecule has 120 valence electrons. The largest absolute Gasteiger partial charge is 0.480 e. The number of ether oxygens (including phenoxy) is 1. The molecule has 0 spiro atoms. The fourth-order valence-electron chi connectivity index (χ4n) is 3.36. The summed E-state index contributed by atoms with van der Waals surface area (Å²) in [5.74, 6) is -2.79. The van der Waals surface area contributed by atoms with Gasteiger partial charge in [0.1, 0.15) is 0 Å². The standard InChI is InChI=1S/C14H22O6S/c1-2-20-13(17)14(12(15)16,8-10-4-3-5-10)11-6-7-21(18,19)9-11/h10-11H,2-9H2,1H3,(H,15,16). The van der Waals surface area contributed by atoms with Crippen molar-refractivity contribution in [2.75, 3.05) is 18.1 Å². The Bertz CT molecular complexity index is 522. The molecule has 2 fully saturated rings. The van der Waals surface area contributed by atoms with E-state index in [1.165, 1.54) is 0 Å². The summed E-state index contributed by atoms with van der Waals surface area (Å²) in [4.78, 5) is 24.3. The van der Waals surface area contributed by atoms with Gasteiger partial charge in [-0.1, -0.05) is 19.3 Å². The first kappa shape index (κ1) is 16.3. The van der Waals surface area contributed by atoms with Crippen LogP contribution in [-0.4, -0.2) is 43.6 Å². The van der Waals surface area contributed by atoms with Gasteiger partial charge in [-0.25, -0.2) is 8.42 Å². The number of carbonyl (C=O) groups is 2. The molecule has 0 amide bonds. The molecule has 2 atom stereocenters. The second-order valence-electron chi connectivity index (χ2n) is 6.10. The Balaban J connectivity index is 2.34. The predicted octanol–water partition coefficient (Wildman–Crippen LogP) is 1.25. The second kappa shape index (κ2) is 5.94. The number of carboxylic acid groups (broad SMARTS) is 1. The van der Waals surface area contributed by atoms with Gasteiger partial charge in [-0.15, -0.1) is 0 Å². The van der Waals surface area contributed by atoms with Crippen LogP contribution in [0.4, 0.5) is 0 Å². The van der Waals surface area contributed by atoms with Gasteiger partial charge >= 0.3 is 11.9 Å². The van der Waals surface area contributed by atoms with Gasteiger partial charge < -0.3 is 9.84 Å². The maximum atomic E-state index is 12.4. The van der Waals surface area contributed by atoms with Crippen molar-refractivity contribution in [1.29, 1.82) is 0 Å². The van der Waals surface area contributed by atoms with Crippen LogP contribution < -0.4 is 0 Å². The Labute approximate surface area is 124 Å². The topological polar surface area (TPSA) is 97.7 Å². The summed E-state index contributed by atoms with van der Waals surface area (Å²) in [5, 5.41) is 9.72. The fraction of sp³-hybridized carbons (Fsp3) is 0.857. The number of carbonyl (C=O) groups excluding carboxylic acids is 1. The van der Waals surface area contributed by atoms with Crippen LogP contribution in [0.15, 0.2) is 0 Å². The molecule has 1 N–H and O–H groups in total. The third-order valence-electron chi connectivity index (χ3n) is 4.79. The highest BCUT2D eigenvalue weighted by atomic mass is 32.2. The van der Waals surface area contributed by atoms with Crippen molar-refractivity contribution in [3.8, 4) is 0 Å². The normalized spacial score (nSPS) is 27.6. The number of esters is 1. The summed E-state index contributed by atoms with van der Waals surface area (Å²) in [6.07, 6.45) is 3.25. The summed E-state index contributed by atoms with van der Waals surface area (Å²) in [6, 6.07) is 0. The lowest BCUT2D eigenvalue weighted by molar-refractivity contribution is -0.175. The maximum Gasteiger partial charge on any atom is 0.323 e. The zero-order chi connectivity index (χ0) is 15.7. The molecule has 6 nitrogen and oxygen atoms in total. The quantitative estimate of drug-likeness (QED) is 0.584. The molecule has 21 heavy (non-hydrogen) atoms. The number of rotatable bonds is 6. The number of hydrogen-bond donors (Lipinski definition) is 1. The van der Waals surface area contributed by atoms with E-state index < -0.39 is 33.1 Å². The van der Waals surface area contributed by atoms with Crippen LogP contribution in [0.25, 0.3) is 0 Å². The first-order valence-corrected chi connectivity index (χ1v) is 9.25. The number of aliphatic carboxylic acids is 1. The fourth-order valence-corrected chi connectivity index (χ4v) is 5.24. The molecular formula is C14H22O6S. The molecule has 1 saturated heterocycles. The summed E-state index contributed by atoms with van der Waals surface area (Å²) in [6.45, 7) is 1.72. The summed E-state index contributed by atoms with van der Waals surface area (Å²) in [7, 11) is -3.26. The molecular weight excluding hydrogens is 296 g/mol. The molecule has 0 aromatic carbocycles. The Morgan fingerprint density at radius 2 is 1.95 bits per heavy atom. The molecule has 7 heteroatoms. The molecule has 0 radical (unpaired) electrons. The maximum absolute atomic E-state index is 12.4. The van der Waals surface area contributed by atoms with Crippen molar-refractivity contribution in [2.45, 2.75) is 39.0 Å². The van der Waals surface area contributed by atoms with Crippen LogP contribution in [0.3, 0.4) is 0 Å². The van der Waals surface area contributed by atoms with Gasteiger partial charge in [0.25, 0.3) is 0 Å². The van der Waals surface area contributed by atoms with Crippen LogP contribution in [-0.2, 0) is 24.2 Å². The van der Waals surface area contributed by atoms with E-state index in [0.29, 0.717) is 0 Å². The molecule has 0 aromatic rings. The molecule has 0 aromatic heterocycles. The highest BCUT2D eigenvalue weighted by molar-refractivity contribution is 7.91. The molecule has 1 aliphatic heterocycles. The molecule has 1 heterocycles. The van der Waals surface area contributed by atoms with Crippen LogP contribution in [0.5, 0.6) is 0 Å². The monoisotopic (exact) mass is 318 g/mol. The lowest BCUT2D eigenvalue weighted by atomic mass is 9.65. The van der Waals surface area contributed by atoms with E-state index in [-0.39, 0.29) is 36.9 Å². The van der Waals surface area contributed by atoms with E-state index in [1.807, 2.05) is 0 Å². The zero-order valence-corrected chi connectivity index (χ0v) is 13.0. The molecule has 2 unspecified atom stereocenters. The Kier molecular flexibility index (Phi) is 4.60. The van der Waals surface area contributed by atoms with Gasteiger partial charge in [-0.2, -0.15) is 0 Å². The number of hydrogen-bond acceptors (Lipinski definition) is 5. The van der Waals surface area contributed by atoms with Gasteiger partial charge in [0, 0.05) is 5.92 Å².